The molecule has 0 spiro atoms. The number of nitrogens with zero attached hydrogens (tertiary/aromatic N) is 3. The first-order chi connectivity index (χ1) is 8.70. The Kier molecular flexibility index (Phi) is 3.93. The number of pyridine rings is 1. The smallest absolute Gasteiger partial charge is 0.276 e. The maximum atomic E-state index is 10.9. The summed E-state index contributed by atoms with van der Waals surface area (Å²) in [4.78, 5) is 16.8. The molecule has 0 amide bonds. The van der Waals surface area contributed by atoms with Crippen LogP contribution in [0.3, 0.4) is 0 Å². The molecule has 0 bridgehead atoms. The molecular formula is C11H16N4O3. The first-order valence-electron chi connectivity index (χ1n) is 5.87. The zero-order chi connectivity index (χ0) is 13.0. The van der Waals surface area contributed by atoms with E-state index in [4.69, 9.17) is 4.74 Å². The molecule has 1 aliphatic rings. The van der Waals surface area contributed by atoms with Gasteiger partial charge in [0.25, 0.3) is 5.69 Å². The number of nitro groups is 1. The molecule has 2 heterocycles. The quantitative estimate of drug-likeness (QED) is 0.644. The van der Waals surface area contributed by atoms with Gasteiger partial charge in [-0.05, 0) is 6.42 Å². The number of nitrogens with one attached hydrogen (secondary N) is 1. The highest BCUT2D eigenvalue weighted by Crippen LogP contribution is 2.23. The molecule has 1 saturated heterocycles. The zero-order valence-electron chi connectivity index (χ0n) is 10.3. The lowest BCUT2D eigenvalue weighted by atomic mass is 10.3. The van der Waals surface area contributed by atoms with Crippen LogP contribution in [-0.4, -0.2) is 43.3 Å². The van der Waals surface area contributed by atoms with E-state index in [0.29, 0.717) is 24.8 Å². The fourth-order valence-corrected chi connectivity index (χ4v) is 1.87. The van der Waals surface area contributed by atoms with Crippen molar-refractivity contribution in [3.63, 3.8) is 0 Å². The summed E-state index contributed by atoms with van der Waals surface area (Å²) in [6.07, 6.45) is 0.902. The molecular weight excluding hydrogens is 236 g/mol. The number of rotatable bonds is 3. The fraction of sp³-hybridized carbons (Fsp3) is 0.545. The molecule has 0 saturated carbocycles. The number of hydrogen-bond donors (Lipinski definition) is 1. The van der Waals surface area contributed by atoms with E-state index in [2.05, 4.69) is 10.3 Å². The number of aromatic nitrogens is 1. The first-order valence-corrected chi connectivity index (χ1v) is 5.87. The average molecular weight is 252 g/mol. The largest absolute Gasteiger partial charge is 0.380 e. The van der Waals surface area contributed by atoms with E-state index in [1.807, 2.05) is 4.90 Å². The SMILES string of the molecule is CNc1cc([N+](=O)[O-])cc(N2CCCOCC2)n1. The Morgan fingerprint density at radius 3 is 3.00 bits per heavy atom. The van der Waals surface area contributed by atoms with Gasteiger partial charge in [0.15, 0.2) is 0 Å². The predicted octanol–water partition coefficient (Wildman–Crippen LogP) is 1.26. The molecule has 0 atom stereocenters. The third-order valence-corrected chi connectivity index (χ3v) is 2.81. The minimum atomic E-state index is -0.402. The molecule has 2 rings (SSSR count). The van der Waals surface area contributed by atoms with Crippen LogP contribution in [0.1, 0.15) is 6.42 Å². The predicted molar refractivity (Wildman–Crippen MR) is 68.1 cm³/mol. The summed E-state index contributed by atoms with van der Waals surface area (Å²) in [5.41, 5.74) is 0.0505. The summed E-state index contributed by atoms with van der Waals surface area (Å²) in [6, 6.07) is 2.93. The highest BCUT2D eigenvalue weighted by atomic mass is 16.6. The van der Waals surface area contributed by atoms with Crippen LogP contribution in [0.5, 0.6) is 0 Å². The second-order valence-corrected chi connectivity index (χ2v) is 4.03. The third kappa shape index (κ3) is 2.86. The maximum absolute atomic E-state index is 10.9. The fourth-order valence-electron chi connectivity index (χ4n) is 1.87. The van der Waals surface area contributed by atoms with E-state index in [0.717, 1.165) is 19.6 Å². The second kappa shape index (κ2) is 5.63. The highest BCUT2D eigenvalue weighted by molar-refractivity contribution is 5.55. The van der Waals surface area contributed by atoms with E-state index >= 15 is 0 Å². The first kappa shape index (κ1) is 12.6. The van der Waals surface area contributed by atoms with Crippen molar-refractivity contribution >= 4 is 17.3 Å². The van der Waals surface area contributed by atoms with Crippen LogP contribution in [0, 0.1) is 10.1 Å². The number of hydrogen-bond acceptors (Lipinski definition) is 6. The number of anilines is 2. The standard InChI is InChI=1S/C11H16N4O3/c1-12-10-7-9(15(16)17)8-11(13-10)14-3-2-5-18-6-4-14/h7-8H,2-6H2,1H3,(H,12,13). The van der Waals surface area contributed by atoms with Crippen molar-refractivity contribution in [3.8, 4) is 0 Å². The van der Waals surface area contributed by atoms with Crippen LogP contribution in [0.25, 0.3) is 0 Å². The molecule has 18 heavy (non-hydrogen) atoms. The van der Waals surface area contributed by atoms with Gasteiger partial charge in [0.05, 0.1) is 23.7 Å². The molecule has 0 aliphatic carbocycles. The molecule has 1 fully saturated rings. The van der Waals surface area contributed by atoms with Gasteiger partial charge in [-0.25, -0.2) is 4.98 Å². The van der Waals surface area contributed by atoms with Crippen molar-refractivity contribution in [2.24, 2.45) is 0 Å². The van der Waals surface area contributed by atoms with Crippen molar-refractivity contribution in [2.45, 2.75) is 6.42 Å². The Morgan fingerprint density at radius 2 is 2.28 bits per heavy atom. The minimum absolute atomic E-state index is 0.0505. The van der Waals surface area contributed by atoms with Crippen LogP contribution < -0.4 is 10.2 Å². The molecule has 0 unspecified atom stereocenters. The molecule has 1 aromatic rings. The van der Waals surface area contributed by atoms with Crippen molar-refractivity contribution in [2.75, 3.05) is 43.6 Å². The maximum Gasteiger partial charge on any atom is 0.276 e. The summed E-state index contributed by atoms with van der Waals surface area (Å²) < 4.78 is 5.36. The van der Waals surface area contributed by atoms with Crippen molar-refractivity contribution in [3.05, 3.63) is 22.2 Å². The Hall–Kier alpha value is -1.89. The van der Waals surface area contributed by atoms with Gasteiger partial charge in [0, 0.05) is 26.7 Å². The lowest BCUT2D eigenvalue weighted by molar-refractivity contribution is -0.384. The van der Waals surface area contributed by atoms with Gasteiger partial charge >= 0.3 is 0 Å². The van der Waals surface area contributed by atoms with E-state index in [9.17, 15) is 10.1 Å². The Labute approximate surface area is 105 Å². The van der Waals surface area contributed by atoms with Crippen molar-refractivity contribution < 1.29 is 9.66 Å². The minimum Gasteiger partial charge on any atom is -0.380 e. The Balaban J connectivity index is 2.29. The monoisotopic (exact) mass is 252 g/mol. The van der Waals surface area contributed by atoms with E-state index in [1.54, 1.807) is 7.05 Å². The molecule has 0 aromatic carbocycles. The van der Waals surface area contributed by atoms with Gasteiger partial charge in [-0.3, -0.25) is 10.1 Å². The summed E-state index contributed by atoms with van der Waals surface area (Å²) >= 11 is 0. The van der Waals surface area contributed by atoms with Gasteiger partial charge < -0.3 is 15.0 Å². The lowest BCUT2D eigenvalue weighted by Crippen LogP contribution is -2.27. The highest BCUT2D eigenvalue weighted by Gasteiger charge is 2.16. The van der Waals surface area contributed by atoms with Crippen LogP contribution in [0.2, 0.25) is 0 Å². The topological polar surface area (TPSA) is 80.5 Å². The van der Waals surface area contributed by atoms with Crippen LogP contribution in [0.4, 0.5) is 17.3 Å². The van der Waals surface area contributed by atoms with Gasteiger partial charge in [-0.1, -0.05) is 0 Å². The summed E-state index contributed by atoms with van der Waals surface area (Å²) in [7, 11) is 1.70. The Morgan fingerprint density at radius 1 is 1.44 bits per heavy atom. The molecule has 7 heteroatoms. The normalized spacial score (nSPS) is 16.2. The summed E-state index contributed by atoms with van der Waals surface area (Å²) in [5, 5.41) is 13.7. The second-order valence-electron chi connectivity index (χ2n) is 4.03. The van der Waals surface area contributed by atoms with E-state index in [1.165, 1.54) is 12.1 Å². The van der Waals surface area contributed by atoms with Gasteiger partial charge in [-0.15, -0.1) is 0 Å². The average Bonchev–Trinajstić information content (AvgIpc) is 2.67. The molecule has 7 nitrogen and oxygen atoms in total. The summed E-state index contributed by atoms with van der Waals surface area (Å²) in [6.45, 7) is 2.86. The number of ether oxygens (including phenoxy) is 1. The molecule has 98 valence electrons. The van der Waals surface area contributed by atoms with Crippen LogP contribution >= 0.6 is 0 Å². The molecule has 0 radical (unpaired) electrons. The van der Waals surface area contributed by atoms with Crippen molar-refractivity contribution in [1.82, 2.24) is 4.98 Å². The summed E-state index contributed by atoms with van der Waals surface area (Å²) in [5.74, 6) is 1.13. The van der Waals surface area contributed by atoms with Crippen LogP contribution in [0.15, 0.2) is 12.1 Å². The van der Waals surface area contributed by atoms with Gasteiger partial charge in [-0.2, -0.15) is 0 Å². The Bertz CT molecular complexity index is 430. The molecule has 1 aliphatic heterocycles. The van der Waals surface area contributed by atoms with E-state index in [-0.39, 0.29) is 5.69 Å². The van der Waals surface area contributed by atoms with Gasteiger partial charge in [0.1, 0.15) is 11.6 Å². The van der Waals surface area contributed by atoms with Gasteiger partial charge in [0.2, 0.25) is 0 Å². The molecule has 1 aromatic heterocycles. The zero-order valence-corrected chi connectivity index (χ0v) is 10.3. The third-order valence-electron chi connectivity index (χ3n) is 2.81. The lowest BCUT2D eigenvalue weighted by Gasteiger charge is -2.20. The molecule has 1 N–H and O–H groups in total. The van der Waals surface area contributed by atoms with Crippen molar-refractivity contribution in [1.29, 1.82) is 0 Å². The van der Waals surface area contributed by atoms with E-state index < -0.39 is 4.92 Å². The van der Waals surface area contributed by atoms with Crippen LogP contribution in [-0.2, 0) is 4.74 Å².